The fraction of sp³-hybridized carbons (Fsp3) is 0.375. The third kappa shape index (κ3) is 5.49. The molecule has 2 aromatic rings. The molecule has 0 fully saturated rings. The number of ether oxygens (including phenoxy) is 1. The number of hydrogen-bond acceptors (Lipinski definition) is 5. The van der Waals surface area contributed by atoms with Crippen molar-refractivity contribution < 1.29 is 9.53 Å². The highest BCUT2D eigenvalue weighted by molar-refractivity contribution is 7.09. The molecular formula is C16H20ClN3O2S. The third-order valence-corrected chi connectivity index (χ3v) is 4.36. The van der Waals surface area contributed by atoms with Gasteiger partial charge in [0.2, 0.25) is 0 Å². The molecule has 5 nitrogen and oxygen atoms in total. The topological polar surface area (TPSA) is 68.5 Å². The Morgan fingerprint density at radius 1 is 1.39 bits per heavy atom. The number of hydrogen-bond donors (Lipinski definition) is 1. The van der Waals surface area contributed by atoms with Gasteiger partial charge in [0.1, 0.15) is 11.4 Å². The molecule has 7 heteroatoms. The van der Waals surface area contributed by atoms with Crippen LogP contribution in [0.5, 0.6) is 5.75 Å². The summed E-state index contributed by atoms with van der Waals surface area (Å²) in [6.45, 7) is 1.68. The fourth-order valence-corrected chi connectivity index (χ4v) is 2.88. The Bertz CT molecular complexity index is 631. The van der Waals surface area contributed by atoms with Crippen molar-refractivity contribution in [2.75, 3.05) is 26.7 Å². The van der Waals surface area contributed by atoms with E-state index in [0.29, 0.717) is 36.8 Å². The predicted octanol–water partition coefficient (Wildman–Crippen LogP) is 2.84. The number of carbonyl (C=O) groups excluding carboxylic acids is 1. The second-order valence-electron chi connectivity index (χ2n) is 5.05. The fourth-order valence-electron chi connectivity index (χ4n) is 1.97. The normalized spacial score (nSPS) is 10.6. The minimum Gasteiger partial charge on any atom is -0.494 e. The number of thiazole rings is 1. The van der Waals surface area contributed by atoms with Crippen LogP contribution in [-0.2, 0) is 6.42 Å². The Morgan fingerprint density at radius 3 is 2.83 bits per heavy atom. The number of carbonyl (C=O) groups is 1. The highest BCUT2D eigenvalue weighted by Gasteiger charge is 2.15. The van der Waals surface area contributed by atoms with Gasteiger partial charge in [-0.1, -0.05) is 11.6 Å². The highest BCUT2D eigenvalue weighted by atomic mass is 35.5. The summed E-state index contributed by atoms with van der Waals surface area (Å²) < 4.78 is 5.61. The van der Waals surface area contributed by atoms with Crippen molar-refractivity contribution >= 4 is 28.8 Å². The monoisotopic (exact) mass is 353 g/mol. The summed E-state index contributed by atoms with van der Waals surface area (Å²) in [5, 5.41) is 3.36. The molecule has 0 saturated carbocycles. The second-order valence-corrected chi connectivity index (χ2v) is 6.43. The van der Waals surface area contributed by atoms with Gasteiger partial charge >= 0.3 is 0 Å². The Labute approximate surface area is 145 Å². The van der Waals surface area contributed by atoms with E-state index in [0.717, 1.165) is 17.2 Å². The summed E-state index contributed by atoms with van der Waals surface area (Å²) in [4.78, 5) is 18.2. The van der Waals surface area contributed by atoms with Crippen molar-refractivity contribution in [2.45, 2.75) is 12.8 Å². The van der Waals surface area contributed by atoms with Crippen molar-refractivity contribution in [1.82, 2.24) is 9.88 Å². The first-order chi connectivity index (χ1) is 11.1. The van der Waals surface area contributed by atoms with E-state index in [4.69, 9.17) is 22.1 Å². The molecule has 2 rings (SSSR count). The molecule has 0 aliphatic carbocycles. The molecule has 0 radical (unpaired) electrons. The minimum atomic E-state index is -0.0731. The summed E-state index contributed by atoms with van der Waals surface area (Å²) in [5.74, 6) is 0.699. The van der Waals surface area contributed by atoms with Gasteiger partial charge in [-0.15, -0.1) is 11.3 Å². The van der Waals surface area contributed by atoms with Crippen LogP contribution in [0.2, 0.25) is 5.02 Å². The molecule has 23 heavy (non-hydrogen) atoms. The molecule has 0 unspecified atom stereocenters. The standard InChI is InChI=1S/C16H20ClN3O2S/c1-20(16(21)14-11-23-15(19-14)7-8-18)9-2-10-22-13-5-3-12(17)4-6-13/h3-6,11H,2,7-10,18H2,1H3. The number of aromatic nitrogens is 1. The molecule has 0 atom stereocenters. The lowest BCUT2D eigenvalue weighted by atomic mass is 10.3. The molecule has 124 valence electrons. The molecular weight excluding hydrogens is 334 g/mol. The highest BCUT2D eigenvalue weighted by Crippen LogP contribution is 2.16. The molecule has 1 amide bonds. The number of nitrogens with zero attached hydrogens (tertiary/aromatic N) is 2. The molecule has 1 aromatic carbocycles. The summed E-state index contributed by atoms with van der Waals surface area (Å²) in [5.41, 5.74) is 5.98. The van der Waals surface area contributed by atoms with Crippen LogP contribution in [0.3, 0.4) is 0 Å². The maximum absolute atomic E-state index is 12.2. The zero-order valence-corrected chi connectivity index (χ0v) is 14.6. The van der Waals surface area contributed by atoms with Gasteiger partial charge in [0, 0.05) is 30.4 Å². The van der Waals surface area contributed by atoms with Crippen LogP contribution in [0.25, 0.3) is 0 Å². The van der Waals surface area contributed by atoms with Crippen molar-refractivity contribution in [3.63, 3.8) is 0 Å². The molecule has 0 spiro atoms. The quantitative estimate of drug-likeness (QED) is 0.741. The average molecular weight is 354 g/mol. The van der Waals surface area contributed by atoms with Gasteiger partial charge in [-0.2, -0.15) is 0 Å². The first-order valence-electron chi connectivity index (χ1n) is 7.38. The van der Waals surface area contributed by atoms with E-state index in [1.54, 1.807) is 29.5 Å². The largest absolute Gasteiger partial charge is 0.494 e. The van der Waals surface area contributed by atoms with E-state index >= 15 is 0 Å². The lowest BCUT2D eigenvalue weighted by molar-refractivity contribution is 0.0782. The first kappa shape index (κ1) is 17.7. The number of amides is 1. The summed E-state index contributed by atoms with van der Waals surface area (Å²) >= 11 is 7.29. The van der Waals surface area contributed by atoms with Crippen LogP contribution in [0.15, 0.2) is 29.6 Å². The van der Waals surface area contributed by atoms with E-state index in [2.05, 4.69) is 4.98 Å². The SMILES string of the molecule is CN(CCCOc1ccc(Cl)cc1)C(=O)c1csc(CCN)n1. The summed E-state index contributed by atoms with van der Waals surface area (Å²) in [6.07, 6.45) is 1.45. The van der Waals surface area contributed by atoms with Crippen LogP contribution < -0.4 is 10.5 Å². The van der Waals surface area contributed by atoms with Crippen LogP contribution in [-0.4, -0.2) is 42.5 Å². The van der Waals surface area contributed by atoms with Crippen LogP contribution >= 0.6 is 22.9 Å². The van der Waals surface area contributed by atoms with Gasteiger partial charge in [-0.05, 0) is 37.2 Å². The minimum absolute atomic E-state index is 0.0731. The molecule has 2 N–H and O–H groups in total. The number of halogens is 1. The maximum Gasteiger partial charge on any atom is 0.273 e. The number of nitrogens with two attached hydrogens (primary N) is 1. The number of benzene rings is 1. The Morgan fingerprint density at radius 2 is 2.13 bits per heavy atom. The van der Waals surface area contributed by atoms with Gasteiger partial charge in [0.25, 0.3) is 5.91 Å². The predicted molar refractivity (Wildman–Crippen MR) is 93.4 cm³/mol. The first-order valence-corrected chi connectivity index (χ1v) is 8.64. The summed E-state index contributed by atoms with van der Waals surface area (Å²) in [6, 6.07) is 7.22. The van der Waals surface area contributed by atoms with Crippen LogP contribution in [0, 0.1) is 0 Å². The molecule has 0 saturated heterocycles. The second kappa shape index (κ2) is 8.86. The van der Waals surface area contributed by atoms with Crippen LogP contribution in [0.4, 0.5) is 0 Å². The van der Waals surface area contributed by atoms with Gasteiger partial charge in [0.05, 0.1) is 11.6 Å². The van der Waals surface area contributed by atoms with Crippen molar-refractivity contribution in [3.05, 3.63) is 45.4 Å². The van der Waals surface area contributed by atoms with E-state index in [1.807, 2.05) is 12.1 Å². The van der Waals surface area contributed by atoms with Gasteiger partial charge < -0.3 is 15.4 Å². The molecule has 0 aliphatic heterocycles. The smallest absolute Gasteiger partial charge is 0.273 e. The van der Waals surface area contributed by atoms with Crippen molar-refractivity contribution in [2.24, 2.45) is 5.73 Å². The molecule has 1 heterocycles. The van der Waals surface area contributed by atoms with E-state index < -0.39 is 0 Å². The average Bonchev–Trinajstić information content (AvgIpc) is 3.01. The van der Waals surface area contributed by atoms with Crippen molar-refractivity contribution in [1.29, 1.82) is 0 Å². The van der Waals surface area contributed by atoms with Crippen molar-refractivity contribution in [3.8, 4) is 5.75 Å². The van der Waals surface area contributed by atoms with Crippen LogP contribution in [0.1, 0.15) is 21.9 Å². The van der Waals surface area contributed by atoms with Gasteiger partial charge in [-0.3, -0.25) is 4.79 Å². The van der Waals surface area contributed by atoms with E-state index in [-0.39, 0.29) is 5.91 Å². The lowest BCUT2D eigenvalue weighted by Gasteiger charge is -2.16. The molecule has 1 aromatic heterocycles. The Hall–Kier alpha value is -1.63. The molecule has 0 bridgehead atoms. The Balaban J connectivity index is 1.74. The van der Waals surface area contributed by atoms with E-state index in [9.17, 15) is 4.79 Å². The number of rotatable bonds is 8. The Kier molecular flexibility index (Phi) is 6.83. The zero-order chi connectivity index (χ0) is 16.7. The lowest BCUT2D eigenvalue weighted by Crippen LogP contribution is -2.29. The van der Waals surface area contributed by atoms with Gasteiger partial charge in [0.15, 0.2) is 0 Å². The zero-order valence-electron chi connectivity index (χ0n) is 13.0. The van der Waals surface area contributed by atoms with E-state index in [1.165, 1.54) is 11.3 Å². The maximum atomic E-state index is 12.2. The third-order valence-electron chi connectivity index (χ3n) is 3.20. The van der Waals surface area contributed by atoms with Gasteiger partial charge in [-0.25, -0.2) is 4.98 Å². The summed E-state index contributed by atoms with van der Waals surface area (Å²) in [7, 11) is 1.77. The molecule has 0 aliphatic rings.